The van der Waals surface area contributed by atoms with E-state index in [9.17, 15) is 5.11 Å². The van der Waals surface area contributed by atoms with Crippen LogP contribution in [0.1, 0.15) is 5.56 Å². The Morgan fingerprint density at radius 1 is 0.842 bits per heavy atom. The van der Waals surface area contributed by atoms with Crippen LogP contribution in [0.25, 0.3) is 22.3 Å². The van der Waals surface area contributed by atoms with Crippen LogP contribution >= 0.6 is 11.3 Å². The Hall–Kier alpha value is -2.06. The molecule has 0 aliphatic carbocycles. The molecule has 0 spiro atoms. The van der Waals surface area contributed by atoms with E-state index in [1.807, 2.05) is 25.1 Å². The van der Waals surface area contributed by atoms with Gasteiger partial charge in [0.05, 0.1) is 0 Å². The maximum absolute atomic E-state index is 9.63. The summed E-state index contributed by atoms with van der Waals surface area (Å²) >= 11 is 1.70. The van der Waals surface area contributed by atoms with E-state index in [4.69, 9.17) is 0 Å². The van der Waals surface area contributed by atoms with Gasteiger partial charge in [-0.15, -0.1) is 0 Å². The Balaban J connectivity index is 2.12. The van der Waals surface area contributed by atoms with Gasteiger partial charge in [-0.2, -0.15) is 11.3 Å². The van der Waals surface area contributed by atoms with Crippen LogP contribution < -0.4 is 0 Å². The Morgan fingerprint density at radius 3 is 2.21 bits per heavy atom. The summed E-state index contributed by atoms with van der Waals surface area (Å²) in [6, 6.07) is 16.1. The summed E-state index contributed by atoms with van der Waals surface area (Å²) in [6.45, 7) is 1.92. The second-order valence-corrected chi connectivity index (χ2v) is 5.31. The van der Waals surface area contributed by atoms with Gasteiger partial charge in [-0.25, -0.2) is 0 Å². The molecule has 1 aromatic heterocycles. The third-order valence-electron chi connectivity index (χ3n) is 3.25. The highest BCUT2D eigenvalue weighted by atomic mass is 32.1. The highest BCUT2D eigenvalue weighted by Gasteiger charge is 2.09. The fraction of sp³-hybridized carbons (Fsp3) is 0.0588. The second kappa shape index (κ2) is 4.90. The van der Waals surface area contributed by atoms with Crippen molar-refractivity contribution in [1.82, 2.24) is 0 Å². The summed E-state index contributed by atoms with van der Waals surface area (Å²) in [6.07, 6.45) is 0. The summed E-state index contributed by atoms with van der Waals surface area (Å²) < 4.78 is 0. The van der Waals surface area contributed by atoms with Crippen LogP contribution in [0, 0.1) is 6.92 Å². The molecule has 19 heavy (non-hydrogen) atoms. The average molecular weight is 266 g/mol. The molecule has 0 saturated heterocycles. The van der Waals surface area contributed by atoms with Gasteiger partial charge in [-0.05, 0) is 46.5 Å². The summed E-state index contributed by atoms with van der Waals surface area (Å²) in [5.41, 5.74) is 5.75. The van der Waals surface area contributed by atoms with Crippen LogP contribution in [-0.4, -0.2) is 5.11 Å². The molecule has 1 nitrogen and oxygen atoms in total. The standard InChI is InChI=1S/C17H14OS/c1-12-9-14(7-8-17(12)18)16-11-19-10-15(16)13-5-3-2-4-6-13/h2-11,18H,1H3. The van der Waals surface area contributed by atoms with E-state index in [0.29, 0.717) is 5.75 Å². The molecule has 1 heterocycles. The molecule has 0 bridgehead atoms. The zero-order chi connectivity index (χ0) is 13.2. The number of benzene rings is 2. The molecule has 0 amide bonds. The van der Waals surface area contributed by atoms with Crippen molar-refractivity contribution in [1.29, 1.82) is 0 Å². The van der Waals surface area contributed by atoms with Gasteiger partial charge in [-0.1, -0.05) is 36.4 Å². The van der Waals surface area contributed by atoms with Crippen molar-refractivity contribution >= 4 is 11.3 Å². The van der Waals surface area contributed by atoms with E-state index >= 15 is 0 Å². The molecule has 2 heteroatoms. The van der Waals surface area contributed by atoms with Gasteiger partial charge in [0, 0.05) is 11.1 Å². The number of rotatable bonds is 2. The number of aromatic hydroxyl groups is 1. The number of hydrogen-bond donors (Lipinski definition) is 1. The molecule has 0 aliphatic heterocycles. The lowest BCUT2D eigenvalue weighted by Crippen LogP contribution is -1.82. The van der Waals surface area contributed by atoms with E-state index in [2.05, 4.69) is 35.0 Å². The van der Waals surface area contributed by atoms with Crippen LogP contribution in [0.5, 0.6) is 5.75 Å². The third kappa shape index (κ3) is 2.27. The molecule has 0 fully saturated rings. The second-order valence-electron chi connectivity index (χ2n) is 4.57. The molecule has 3 rings (SSSR count). The Labute approximate surface area is 116 Å². The van der Waals surface area contributed by atoms with Gasteiger partial charge in [0.25, 0.3) is 0 Å². The molecular weight excluding hydrogens is 252 g/mol. The van der Waals surface area contributed by atoms with Crippen molar-refractivity contribution in [3.05, 3.63) is 64.9 Å². The molecule has 3 aromatic rings. The van der Waals surface area contributed by atoms with Gasteiger partial charge >= 0.3 is 0 Å². The third-order valence-corrected chi connectivity index (χ3v) is 4.00. The van der Waals surface area contributed by atoms with Crippen molar-refractivity contribution in [3.63, 3.8) is 0 Å². The van der Waals surface area contributed by atoms with Gasteiger partial charge in [0.2, 0.25) is 0 Å². The first kappa shape index (κ1) is 12.0. The summed E-state index contributed by atoms with van der Waals surface area (Å²) in [4.78, 5) is 0. The van der Waals surface area contributed by atoms with Crippen LogP contribution in [0.2, 0.25) is 0 Å². The quantitative estimate of drug-likeness (QED) is 0.684. The highest BCUT2D eigenvalue weighted by Crippen LogP contribution is 2.36. The van der Waals surface area contributed by atoms with Gasteiger partial charge < -0.3 is 5.11 Å². The van der Waals surface area contributed by atoms with Crippen LogP contribution in [-0.2, 0) is 0 Å². The first-order valence-corrected chi connectivity index (χ1v) is 7.11. The van der Waals surface area contributed by atoms with Crippen LogP contribution in [0.4, 0.5) is 0 Å². The number of hydrogen-bond acceptors (Lipinski definition) is 2. The topological polar surface area (TPSA) is 20.2 Å². The predicted molar refractivity (Wildman–Crippen MR) is 81.6 cm³/mol. The van der Waals surface area contributed by atoms with Crippen molar-refractivity contribution in [2.75, 3.05) is 0 Å². The van der Waals surface area contributed by atoms with E-state index in [1.165, 1.54) is 16.7 Å². The summed E-state index contributed by atoms with van der Waals surface area (Å²) in [7, 11) is 0. The minimum absolute atomic E-state index is 0.347. The highest BCUT2D eigenvalue weighted by molar-refractivity contribution is 7.08. The SMILES string of the molecule is Cc1cc(-c2cscc2-c2ccccc2)ccc1O. The van der Waals surface area contributed by atoms with Crippen molar-refractivity contribution < 1.29 is 5.11 Å². The maximum Gasteiger partial charge on any atom is 0.118 e. The molecule has 0 atom stereocenters. The maximum atomic E-state index is 9.63. The smallest absolute Gasteiger partial charge is 0.118 e. The monoisotopic (exact) mass is 266 g/mol. The number of thiophene rings is 1. The largest absolute Gasteiger partial charge is 0.508 e. The lowest BCUT2D eigenvalue weighted by molar-refractivity contribution is 0.471. The molecule has 2 aromatic carbocycles. The van der Waals surface area contributed by atoms with Gasteiger partial charge in [0.1, 0.15) is 5.75 Å². The van der Waals surface area contributed by atoms with E-state index in [1.54, 1.807) is 17.4 Å². The summed E-state index contributed by atoms with van der Waals surface area (Å²) in [5, 5.41) is 14.0. The first-order chi connectivity index (χ1) is 9.25. The van der Waals surface area contributed by atoms with E-state index < -0.39 is 0 Å². The number of phenolic OH excluding ortho intramolecular Hbond substituents is 1. The van der Waals surface area contributed by atoms with Crippen molar-refractivity contribution in [3.8, 4) is 28.0 Å². The molecule has 0 aliphatic rings. The minimum Gasteiger partial charge on any atom is -0.508 e. The van der Waals surface area contributed by atoms with E-state index in [0.717, 1.165) is 11.1 Å². The zero-order valence-electron chi connectivity index (χ0n) is 10.6. The van der Waals surface area contributed by atoms with Crippen molar-refractivity contribution in [2.45, 2.75) is 6.92 Å². The lowest BCUT2D eigenvalue weighted by Gasteiger charge is -2.07. The van der Waals surface area contributed by atoms with Crippen LogP contribution in [0.3, 0.4) is 0 Å². The van der Waals surface area contributed by atoms with Gasteiger partial charge in [-0.3, -0.25) is 0 Å². The zero-order valence-corrected chi connectivity index (χ0v) is 11.4. The molecule has 1 N–H and O–H groups in total. The van der Waals surface area contributed by atoms with Crippen LogP contribution in [0.15, 0.2) is 59.3 Å². The number of phenols is 1. The molecule has 0 saturated carbocycles. The predicted octanol–water partition coefficient (Wildman–Crippen LogP) is 5.10. The molecule has 0 unspecified atom stereocenters. The molecular formula is C17H14OS. The average Bonchev–Trinajstić information content (AvgIpc) is 2.92. The lowest BCUT2D eigenvalue weighted by atomic mass is 9.98. The fourth-order valence-corrected chi connectivity index (χ4v) is 3.05. The minimum atomic E-state index is 0.347. The summed E-state index contributed by atoms with van der Waals surface area (Å²) in [5.74, 6) is 0.347. The number of aryl methyl sites for hydroxylation is 1. The Morgan fingerprint density at radius 2 is 1.53 bits per heavy atom. The Bertz CT molecular complexity index is 698. The van der Waals surface area contributed by atoms with E-state index in [-0.39, 0.29) is 0 Å². The molecule has 94 valence electrons. The normalized spacial score (nSPS) is 10.6. The van der Waals surface area contributed by atoms with Gasteiger partial charge in [0.15, 0.2) is 0 Å². The first-order valence-electron chi connectivity index (χ1n) is 6.17. The molecule has 0 radical (unpaired) electrons. The fourth-order valence-electron chi connectivity index (χ4n) is 2.18. The van der Waals surface area contributed by atoms with Crippen molar-refractivity contribution in [2.24, 2.45) is 0 Å². The Kier molecular flexibility index (Phi) is 3.10.